The molecule has 146 valence electrons. The Morgan fingerprint density at radius 3 is 2.92 bits per heavy atom. The van der Waals surface area contributed by atoms with Crippen LogP contribution in [0.5, 0.6) is 5.75 Å². The standard InChI is InChI=1S/C20H33N3O3/c1-4-24-11-6-5-10-22-20(21-3)23-14-17-8-7-16(2)13-19(17)26-18-9-12-25-15-18/h7-8,13,18H,4-6,9-12,14-15H2,1-3H3,(H2,21,22,23). The van der Waals surface area contributed by atoms with Crippen LogP contribution in [-0.4, -0.2) is 52.1 Å². The average molecular weight is 364 g/mol. The van der Waals surface area contributed by atoms with Crippen LogP contribution in [0.2, 0.25) is 0 Å². The monoisotopic (exact) mass is 363 g/mol. The number of hydrogen-bond donors (Lipinski definition) is 2. The fourth-order valence-corrected chi connectivity index (χ4v) is 2.78. The Kier molecular flexibility index (Phi) is 9.28. The molecule has 0 amide bonds. The molecule has 26 heavy (non-hydrogen) atoms. The van der Waals surface area contributed by atoms with E-state index < -0.39 is 0 Å². The van der Waals surface area contributed by atoms with E-state index >= 15 is 0 Å². The van der Waals surface area contributed by atoms with Gasteiger partial charge in [-0.3, -0.25) is 4.99 Å². The molecule has 0 saturated carbocycles. The van der Waals surface area contributed by atoms with Gasteiger partial charge in [0, 0.05) is 45.3 Å². The zero-order valence-corrected chi connectivity index (χ0v) is 16.3. The van der Waals surface area contributed by atoms with Crippen LogP contribution < -0.4 is 15.4 Å². The lowest BCUT2D eigenvalue weighted by molar-refractivity contribution is 0.140. The fraction of sp³-hybridized carbons (Fsp3) is 0.650. The van der Waals surface area contributed by atoms with Crippen molar-refractivity contribution in [3.63, 3.8) is 0 Å². The van der Waals surface area contributed by atoms with E-state index in [1.54, 1.807) is 7.05 Å². The van der Waals surface area contributed by atoms with E-state index in [1.807, 2.05) is 6.92 Å². The van der Waals surface area contributed by atoms with E-state index in [-0.39, 0.29) is 6.10 Å². The molecular weight excluding hydrogens is 330 g/mol. The van der Waals surface area contributed by atoms with Gasteiger partial charge in [0.2, 0.25) is 0 Å². The van der Waals surface area contributed by atoms with E-state index in [2.05, 4.69) is 40.7 Å². The molecule has 1 heterocycles. The summed E-state index contributed by atoms with van der Waals surface area (Å²) >= 11 is 0. The maximum atomic E-state index is 6.15. The molecule has 1 unspecified atom stereocenters. The van der Waals surface area contributed by atoms with E-state index in [4.69, 9.17) is 14.2 Å². The van der Waals surface area contributed by atoms with Crippen LogP contribution in [0.15, 0.2) is 23.2 Å². The van der Waals surface area contributed by atoms with Crippen molar-refractivity contribution in [3.05, 3.63) is 29.3 Å². The quantitative estimate of drug-likeness (QED) is 0.380. The number of aliphatic imine (C=N–C) groups is 1. The van der Waals surface area contributed by atoms with Gasteiger partial charge in [0.1, 0.15) is 11.9 Å². The smallest absolute Gasteiger partial charge is 0.191 e. The Morgan fingerprint density at radius 1 is 1.31 bits per heavy atom. The van der Waals surface area contributed by atoms with Crippen molar-refractivity contribution < 1.29 is 14.2 Å². The van der Waals surface area contributed by atoms with E-state index in [0.29, 0.717) is 13.2 Å². The molecule has 6 nitrogen and oxygen atoms in total. The summed E-state index contributed by atoms with van der Waals surface area (Å²) in [6.45, 7) is 8.70. The number of unbranched alkanes of at least 4 members (excludes halogenated alkanes) is 1. The van der Waals surface area contributed by atoms with Gasteiger partial charge in [-0.2, -0.15) is 0 Å². The van der Waals surface area contributed by atoms with Crippen LogP contribution in [-0.2, 0) is 16.0 Å². The van der Waals surface area contributed by atoms with Crippen molar-refractivity contribution in [3.8, 4) is 5.75 Å². The number of rotatable bonds is 10. The summed E-state index contributed by atoms with van der Waals surface area (Å²) in [5.74, 6) is 1.73. The van der Waals surface area contributed by atoms with E-state index in [0.717, 1.165) is 62.9 Å². The number of benzene rings is 1. The van der Waals surface area contributed by atoms with Crippen molar-refractivity contribution in [1.82, 2.24) is 10.6 Å². The maximum Gasteiger partial charge on any atom is 0.191 e. The second-order valence-corrected chi connectivity index (χ2v) is 6.47. The number of nitrogens with one attached hydrogen (secondary N) is 2. The lowest BCUT2D eigenvalue weighted by Crippen LogP contribution is -2.37. The van der Waals surface area contributed by atoms with Crippen molar-refractivity contribution in [2.75, 3.05) is 40.0 Å². The molecule has 2 rings (SSSR count). The molecule has 1 aromatic rings. The van der Waals surface area contributed by atoms with Gasteiger partial charge in [0.25, 0.3) is 0 Å². The minimum atomic E-state index is 0.151. The zero-order valence-electron chi connectivity index (χ0n) is 16.3. The summed E-state index contributed by atoms with van der Waals surface area (Å²) in [6, 6.07) is 6.32. The van der Waals surface area contributed by atoms with Crippen molar-refractivity contribution in [2.45, 2.75) is 45.8 Å². The van der Waals surface area contributed by atoms with Gasteiger partial charge in [-0.25, -0.2) is 0 Å². The second kappa shape index (κ2) is 11.8. The molecule has 0 spiro atoms. The lowest BCUT2D eigenvalue weighted by Gasteiger charge is -2.18. The second-order valence-electron chi connectivity index (χ2n) is 6.47. The topological polar surface area (TPSA) is 64.1 Å². The van der Waals surface area contributed by atoms with E-state index in [1.165, 1.54) is 5.56 Å². The van der Waals surface area contributed by atoms with Gasteiger partial charge in [0.05, 0.1) is 13.2 Å². The molecule has 1 aromatic carbocycles. The van der Waals surface area contributed by atoms with Gasteiger partial charge in [0.15, 0.2) is 5.96 Å². The highest BCUT2D eigenvalue weighted by Crippen LogP contribution is 2.23. The summed E-state index contributed by atoms with van der Waals surface area (Å²) in [6.07, 6.45) is 3.21. The first-order valence-electron chi connectivity index (χ1n) is 9.59. The summed E-state index contributed by atoms with van der Waals surface area (Å²) in [5, 5.41) is 6.71. The van der Waals surface area contributed by atoms with Crippen LogP contribution in [0.4, 0.5) is 0 Å². The predicted molar refractivity (Wildman–Crippen MR) is 105 cm³/mol. The van der Waals surface area contributed by atoms with Gasteiger partial charge >= 0.3 is 0 Å². The van der Waals surface area contributed by atoms with Crippen molar-refractivity contribution in [1.29, 1.82) is 0 Å². The minimum Gasteiger partial charge on any atom is -0.488 e. The number of aryl methyl sites for hydroxylation is 1. The third-order valence-electron chi connectivity index (χ3n) is 4.29. The normalized spacial score (nSPS) is 17.3. The minimum absolute atomic E-state index is 0.151. The van der Waals surface area contributed by atoms with Crippen LogP contribution in [0.3, 0.4) is 0 Å². The SMILES string of the molecule is CCOCCCCNC(=NC)NCc1ccc(C)cc1OC1CCOC1. The highest BCUT2D eigenvalue weighted by atomic mass is 16.5. The van der Waals surface area contributed by atoms with Gasteiger partial charge in [-0.05, 0) is 38.3 Å². The molecule has 0 bridgehead atoms. The summed E-state index contributed by atoms with van der Waals surface area (Å²) in [5.41, 5.74) is 2.32. The molecular formula is C20H33N3O3. The number of guanidine groups is 1. The Hall–Kier alpha value is -1.79. The third-order valence-corrected chi connectivity index (χ3v) is 4.29. The molecule has 1 aliphatic rings. The number of hydrogen-bond acceptors (Lipinski definition) is 4. The lowest BCUT2D eigenvalue weighted by atomic mass is 10.1. The molecule has 1 saturated heterocycles. The maximum absolute atomic E-state index is 6.15. The predicted octanol–water partition coefficient (Wildman–Crippen LogP) is 2.64. The third kappa shape index (κ3) is 7.22. The highest BCUT2D eigenvalue weighted by molar-refractivity contribution is 5.79. The summed E-state index contributed by atoms with van der Waals surface area (Å²) < 4.78 is 16.9. The molecule has 1 fully saturated rings. The number of nitrogens with zero attached hydrogens (tertiary/aromatic N) is 1. The molecule has 0 radical (unpaired) electrons. The first-order chi connectivity index (χ1) is 12.7. The molecule has 1 atom stereocenters. The Morgan fingerprint density at radius 2 is 2.19 bits per heavy atom. The Labute approximate surface area is 157 Å². The summed E-state index contributed by atoms with van der Waals surface area (Å²) in [7, 11) is 1.79. The number of ether oxygens (including phenoxy) is 3. The van der Waals surface area contributed by atoms with Gasteiger partial charge in [-0.1, -0.05) is 12.1 Å². The van der Waals surface area contributed by atoms with Crippen LogP contribution in [0.1, 0.15) is 37.3 Å². The first kappa shape index (κ1) is 20.5. The van der Waals surface area contributed by atoms with Crippen LogP contribution >= 0.6 is 0 Å². The Balaban J connectivity index is 1.81. The van der Waals surface area contributed by atoms with Crippen LogP contribution in [0, 0.1) is 6.92 Å². The Bertz CT molecular complexity index is 557. The largest absolute Gasteiger partial charge is 0.488 e. The molecule has 6 heteroatoms. The summed E-state index contributed by atoms with van der Waals surface area (Å²) in [4.78, 5) is 4.29. The zero-order chi connectivity index (χ0) is 18.6. The highest BCUT2D eigenvalue weighted by Gasteiger charge is 2.18. The van der Waals surface area contributed by atoms with Crippen LogP contribution in [0.25, 0.3) is 0 Å². The van der Waals surface area contributed by atoms with Crippen molar-refractivity contribution in [2.24, 2.45) is 4.99 Å². The molecule has 1 aliphatic heterocycles. The molecule has 0 aliphatic carbocycles. The van der Waals surface area contributed by atoms with E-state index in [9.17, 15) is 0 Å². The average Bonchev–Trinajstić information content (AvgIpc) is 3.15. The first-order valence-corrected chi connectivity index (χ1v) is 9.59. The molecule has 2 N–H and O–H groups in total. The van der Waals surface area contributed by atoms with Gasteiger partial charge < -0.3 is 24.8 Å². The van der Waals surface area contributed by atoms with Crippen molar-refractivity contribution >= 4 is 5.96 Å². The van der Waals surface area contributed by atoms with Gasteiger partial charge in [-0.15, -0.1) is 0 Å². The fourth-order valence-electron chi connectivity index (χ4n) is 2.78. The molecule has 0 aromatic heterocycles.